The summed E-state index contributed by atoms with van der Waals surface area (Å²) in [5, 5.41) is 11.9. The van der Waals surface area contributed by atoms with Crippen LogP contribution in [0.5, 0.6) is 0 Å². The number of rotatable bonds is 6. The fourth-order valence-electron chi connectivity index (χ4n) is 1.66. The molecule has 1 unspecified atom stereocenters. The van der Waals surface area contributed by atoms with E-state index >= 15 is 0 Å². The van der Waals surface area contributed by atoms with Gasteiger partial charge in [-0.05, 0) is 19.4 Å². The summed E-state index contributed by atoms with van der Waals surface area (Å²) in [5.41, 5.74) is 0. The van der Waals surface area contributed by atoms with Crippen molar-refractivity contribution < 1.29 is 9.59 Å². The van der Waals surface area contributed by atoms with E-state index < -0.39 is 0 Å². The Hall–Kier alpha value is -1.41. The standard InChI is InChI=1S/C11H17N3O2/c1-2-6-13-9(8-12)5-7-14-10(15)3-4-11(14)16/h9,13H,2-7H2,1H3. The van der Waals surface area contributed by atoms with E-state index in [1.54, 1.807) is 0 Å². The number of nitrogens with one attached hydrogen (secondary N) is 1. The second-order valence-corrected chi connectivity index (χ2v) is 3.86. The molecule has 1 aliphatic heterocycles. The molecule has 0 aromatic carbocycles. The fraction of sp³-hybridized carbons (Fsp3) is 0.727. The number of nitrogens with zero attached hydrogens (tertiary/aromatic N) is 2. The minimum Gasteiger partial charge on any atom is -0.302 e. The summed E-state index contributed by atoms with van der Waals surface area (Å²) < 4.78 is 0. The Kier molecular flexibility index (Phi) is 4.93. The van der Waals surface area contributed by atoms with Gasteiger partial charge >= 0.3 is 0 Å². The number of hydrogen-bond donors (Lipinski definition) is 1. The lowest BCUT2D eigenvalue weighted by atomic mass is 10.2. The Morgan fingerprint density at radius 3 is 2.56 bits per heavy atom. The predicted molar refractivity (Wildman–Crippen MR) is 58.3 cm³/mol. The van der Waals surface area contributed by atoms with Gasteiger partial charge in [0.15, 0.2) is 0 Å². The summed E-state index contributed by atoms with van der Waals surface area (Å²) in [5.74, 6) is -0.227. The van der Waals surface area contributed by atoms with Crippen LogP contribution in [0.4, 0.5) is 0 Å². The Bertz CT molecular complexity index is 293. The van der Waals surface area contributed by atoms with Crippen molar-refractivity contribution in [2.75, 3.05) is 13.1 Å². The highest BCUT2D eigenvalue weighted by atomic mass is 16.2. The molecule has 88 valence electrons. The molecule has 1 rings (SSSR count). The topological polar surface area (TPSA) is 73.2 Å². The van der Waals surface area contributed by atoms with Gasteiger partial charge in [0.2, 0.25) is 11.8 Å². The van der Waals surface area contributed by atoms with E-state index in [9.17, 15) is 9.59 Å². The van der Waals surface area contributed by atoms with E-state index in [0.717, 1.165) is 13.0 Å². The van der Waals surface area contributed by atoms with Gasteiger partial charge in [-0.3, -0.25) is 14.5 Å². The zero-order valence-electron chi connectivity index (χ0n) is 9.53. The third kappa shape index (κ3) is 3.31. The van der Waals surface area contributed by atoms with Crippen molar-refractivity contribution >= 4 is 11.8 Å². The molecule has 1 N–H and O–H groups in total. The van der Waals surface area contributed by atoms with Gasteiger partial charge in [-0.1, -0.05) is 6.92 Å². The van der Waals surface area contributed by atoms with Crippen molar-refractivity contribution in [1.29, 1.82) is 5.26 Å². The normalized spacial score (nSPS) is 17.6. The molecular formula is C11H17N3O2. The number of amides is 2. The Balaban J connectivity index is 2.34. The summed E-state index contributed by atoms with van der Waals surface area (Å²) in [4.78, 5) is 23.9. The monoisotopic (exact) mass is 223 g/mol. The average Bonchev–Trinajstić information content (AvgIpc) is 2.60. The maximum Gasteiger partial charge on any atom is 0.229 e. The molecule has 1 atom stereocenters. The van der Waals surface area contributed by atoms with Gasteiger partial charge in [-0.15, -0.1) is 0 Å². The summed E-state index contributed by atoms with van der Waals surface area (Å²) in [6.45, 7) is 3.15. The van der Waals surface area contributed by atoms with E-state index in [-0.39, 0.29) is 17.9 Å². The van der Waals surface area contributed by atoms with Gasteiger partial charge in [-0.2, -0.15) is 5.26 Å². The lowest BCUT2D eigenvalue weighted by Crippen LogP contribution is -2.36. The molecule has 0 spiro atoms. The van der Waals surface area contributed by atoms with Crippen molar-refractivity contribution in [3.8, 4) is 6.07 Å². The molecule has 1 fully saturated rings. The van der Waals surface area contributed by atoms with Crippen LogP contribution in [0.15, 0.2) is 0 Å². The third-order valence-electron chi connectivity index (χ3n) is 2.59. The van der Waals surface area contributed by atoms with Crippen LogP contribution in [-0.4, -0.2) is 35.8 Å². The largest absolute Gasteiger partial charge is 0.302 e. The number of likely N-dealkylation sites (tertiary alicyclic amines) is 1. The Morgan fingerprint density at radius 2 is 2.06 bits per heavy atom. The average molecular weight is 223 g/mol. The molecule has 2 amide bonds. The van der Waals surface area contributed by atoms with Crippen LogP contribution in [0.3, 0.4) is 0 Å². The maximum absolute atomic E-state index is 11.3. The highest BCUT2D eigenvalue weighted by Gasteiger charge is 2.28. The van der Waals surface area contributed by atoms with E-state index in [1.165, 1.54) is 4.90 Å². The minimum atomic E-state index is -0.277. The molecule has 0 saturated carbocycles. The number of carbonyl (C=O) groups excluding carboxylic acids is 2. The van der Waals surface area contributed by atoms with Crippen LogP contribution >= 0.6 is 0 Å². The summed E-state index contributed by atoms with van der Waals surface area (Å²) >= 11 is 0. The zero-order valence-corrected chi connectivity index (χ0v) is 9.53. The first kappa shape index (κ1) is 12.7. The SMILES string of the molecule is CCCNC(C#N)CCN1C(=O)CCC1=O. The van der Waals surface area contributed by atoms with Crippen LogP contribution in [0, 0.1) is 11.3 Å². The lowest BCUT2D eigenvalue weighted by molar-refractivity contribution is -0.138. The van der Waals surface area contributed by atoms with Gasteiger partial charge in [0.05, 0.1) is 12.1 Å². The number of nitriles is 1. The molecule has 0 aromatic heterocycles. The number of hydrogen-bond acceptors (Lipinski definition) is 4. The fourth-order valence-corrected chi connectivity index (χ4v) is 1.66. The van der Waals surface area contributed by atoms with Crippen LogP contribution in [0.2, 0.25) is 0 Å². The molecule has 0 bridgehead atoms. The van der Waals surface area contributed by atoms with Crippen molar-refractivity contribution in [3.05, 3.63) is 0 Å². The first-order chi connectivity index (χ1) is 7.69. The molecular weight excluding hydrogens is 206 g/mol. The van der Waals surface area contributed by atoms with Crippen LogP contribution in [-0.2, 0) is 9.59 Å². The molecule has 5 heteroatoms. The van der Waals surface area contributed by atoms with Gasteiger partial charge in [0, 0.05) is 19.4 Å². The minimum absolute atomic E-state index is 0.114. The summed E-state index contributed by atoms with van der Waals surface area (Å²) in [6.07, 6.45) is 2.10. The number of carbonyl (C=O) groups is 2. The van der Waals surface area contributed by atoms with E-state index in [2.05, 4.69) is 11.4 Å². The van der Waals surface area contributed by atoms with Gasteiger partial charge in [-0.25, -0.2) is 0 Å². The van der Waals surface area contributed by atoms with Gasteiger partial charge in [0.25, 0.3) is 0 Å². The first-order valence-corrected chi connectivity index (χ1v) is 5.65. The Labute approximate surface area is 95.4 Å². The maximum atomic E-state index is 11.3. The molecule has 0 aliphatic carbocycles. The smallest absolute Gasteiger partial charge is 0.229 e. The molecule has 5 nitrogen and oxygen atoms in total. The van der Waals surface area contributed by atoms with Crippen molar-refractivity contribution in [3.63, 3.8) is 0 Å². The van der Waals surface area contributed by atoms with Crippen LogP contribution in [0.25, 0.3) is 0 Å². The first-order valence-electron chi connectivity index (χ1n) is 5.65. The lowest BCUT2D eigenvalue weighted by Gasteiger charge is -2.16. The van der Waals surface area contributed by atoms with E-state index in [0.29, 0.717) is 25.8 Å². The van der Waals surface area contributed by atoms with Crippen molar-refractivity contribution in [1.82, 2.24) is 10.2 Å². The van der Waals surface area contributed by atoms with Crippen molar-refractivity contribution in [2.24, 2.45) is 0 Å². The molecule has 1 aliphatic rings. The van der Waals surface area contributed by atoms with Gasteiger partial charge in [0.1, 0.15) is 0 Å². The summed E-state index contributed by atoms with van der Waals surface area (Å²) in [7, 11) is 0. The number of imide groups is 1. The quantitative estimate of drug-likeness (QED) is 0.662. The van der Waals surface area contributed by atoms with E-state index in [1.807, 2.05) is 6.92 Å². The molecule has 1 heterocycles. The van der Waals surface area contributed by atoms with E-state index in [4.69, 9.17) is 5.26 Å². The highest BCUT2D eigenvalue weighted by Crippen LogP contribution is 2.12. The molecule has 1 saturated heterocycles. The van der Waals surface area contributed by atoms with Crippen LogP contribution in [0.1, 0.15) is 32.6 Å². The van der Waals surface area contributed by atoms with Crippen molar-refractivity contribution in [2.45, 2.75) is 38.6 Å². The Morgan fingerprint density at radius 1 is 1.44 bits per heavy atom. The van der Waals surface area contributed by atoms with Gasteiger partial charge < -0.3 is 5.32 Å². The molecule has 0 aromatic rings. The third-order valence-corrected chi connectivity index (χ3v) is 2.59. The zero-order chi connectivity index (χ0) is 12.0. The molecule has 16 heavy (non-hydrogen) atoms. The predicted octanol–water partition coefficient (Wildman–Crippen LogP) is 0.417. The molecule has 0 radical (unpaired) electrons. The highest BCUT2D eigenvalue weighted by molar-refractivity contribution is 6.01. The second kappa shape index (κ2) is 6.23. The summed E-state index contributed by atoms with van der Waals surface area (Å²) in [6, 6.07) is 1.85. The second-order valence-electron chi connectivity index (χ2n) is 3.86. The van der Waals surface area contributed by atoms with Crippen LogP contribution < -0.4 is 5.32 Å².